The van der Waals surface area contributed by atoms with E-state index in [0.717, 1.165) is 27.8 Å². The molecule has 0 atom stereocenters. The molecule has 2 amide bonds. The van der Waals surface area contributed by atoms with Crippen molar-refractivity contribution in [1.29, 1.82) is 0 Å². The molecule has 0 bridgehead atoms. The minimum absolute atomic E-state index is 0.179. The predicted octanol–water partition coefficient (Wildman–Crippen LogP) is 3.73. The highest BCUT2D eigenvalue weighted by Crippen LogP contribution is 2.34. The minimum Gasteiger partial charge on any atom is -0.480 e. The smallest absolute Gasteiger partial charge is 0.323 e. The van der Waals surface area contributed by atoms with E-state index in [0.29, 0.717) is 21.4 Å². The lowest BCUT2D eigenvalue weighted by Gasteiger charge is -2.19. The third-order valence-corrected chi connectivity index (χ3v) is 6.43. The molecule has 1 aliphatic heterocycles. The number of carbonyl (C=O) groups excluding carboxylic acids is 2. The lowest BCUT2D eigenvalue weighted by atomic mass is 10.1. The Balaban J connectivity index is 1.89. The normalized spacial score (nSPS) is 15.3. The molecule has 7 nitrogen and oxygen atoms in total. The summed E-state index contributed by atoms with van der Waals surface area (Å²) in [6, 6.07) is 5.74. The summed E-state index contributed by atoms with van der Waals surface area (Å²) in [5.41, 5.74) is 3.40. The fraction of sp³-hybridized carbons (Fsp3) is 0.211. The van der Waals surface area contributed by atoms with E-state index >= 15 is 0 Å². The average molecular weight is 448 g/mol. The third-order valence-electron chi connectivity index (χ3n) is 4.21. The Labute approximate surface area is 181 Å². The quantitative estimate of drug-likeness (QED) is 0.552. The lowest BCUT2D eigenvalue weighted by Crippen LogP contribution is -2.33. The molecular formula is C19H17N3O4S3. The number of carbonyl (C=O) groups is 3. The van der Waals surface area contributed by atoms with E-state index in [1.165, 1.54) is 23.2 Å². The predicted molar refractivity (Wildman–Crippen MR) is 118 cm³/mol. The van der Waals surface area contributed by atoms with Gasteiger partial charge in [-0.05, 0) is 43.2 Å². The largest absolute Gasteiger partial charge is 0.480 e. The fourth-order valence-electron chi connectivity index (χ4n) is 2.64. The first-order valence-electron chi connectivity index (χ1n) is 8.48. The fourth-order valence-corrected chi connectivity index (χ4v) is 4.73. The van der Waals surface area contributed by atoms with Crippen molar-refractivity contribution in [1.82, 2.24) is 9.88 Å². The zero-order valence-corrected chi connectivity index (χ0v) is 18.3. The van der Waals surface area contributed by atoms with Gasteiger partial charge in [-0.1, -0.05) is 30.0 Å². The second-order valence-electron chi connectivity index (χ2n) is 6.34. The molecule has 0 saturated carbocycles. The number of carboxylic acids is 1. The second-order valence-corrected chi connectivity index (χ2v) is 8.85. The number of anilines is 2. The molecule has 10 heteroatoms. The molecule has 0 unspecified atom stereocenters. The van der Waals surface area contributed by atoms with Crippen LogP contribution < -0.4 is 4.90 Å². The lowest BCUT2D eigenvalue weighted by molar-refractivity contribution is -0.140. The highest BCUT2D eigenvalue weighted by atomic mass is 32.2. The number of aryl methyl sites for hydroxylation is 2. The van der Waals surface area contributed by atoms with Crippen LogP contribution in [0.5, 0.6) is 0 Å². The molecule has 3 rings (SSSR count). The summed E-state index contributed by atoms with van der Waals surface area (Å²) in [6.45, 7) is 4.96. The first kappa shape index (κ1) is 21.2. The SMILES string of the molecule is CC(=O)N(c1ccc(C)c(C)c1)c1nc(/C=C2/SC(=S)N(CC(=O)O)C2=O)cs1. The van der Waals surface area contributed by atoms with Crippen LogP contribution in [0.3, 0.4) is 0 Å². The Morgan fingerprint density at radius 1 is 1.31 bits per heavy atom. The summed E-state index contributed by atoms with van der Waals surface area (Å²) >= 11 is 7.40. The number of amides is 2. The van der Waals surface area contributed by atoms with Gasteiger partial charge in [0.2, 0.25) is 5.91 Å². The molecule has 0 radical (unpaired) electrons. The van der Waals surface area contributed by atoms with Crippen molar-refractivity contribution in [3.63, 3.8) is 0 Å². The van der Waals surface area contributed by atoms with Crippen molar-refractivity contribution in [2.75, 3.05) is 11.4 Å². The first-order valence-corrected chi connectivity index (χ1v) is 10.6. The number of aromatic nitrogens is 1. The maximum atomic E-state index is 12.4. The zero-order chi connectivity index (χ0) is 21.3. The van der Waals surface area contributed by atoms with Gasteiger partial charge in [-0.2, -0.15) is 0 Å². The molecule has 0 aliphatic carbocycles. The van der Waals surface area contributed by atoms with E-state index in [2.05, 4.69) is 4.98 Å². The second kappa shape index (κ2) is 8.44. The van der Waals surface area contributed by atoms with Crippen molar-refractivity contribution in [3.05, 3.63) is 45.3 Å². The number of rotatable bonds is 5. The van der Waals surface area contributed by atoms with Gasteiger partial charge in [-0.25, -0.2) is 4.98 Å². The monoisotopic (exact) mass is 447 g/mol. The Morgan fingerprint density at radius 3 is 2.66 bits per heavy atom. The molecule has 1 aromatic carbocycles. The van der Waals surface area contributed by atoms with E-state index in [1.807, 2.05) is 32.0 Å². The van der Waals surface area contributed by atoms with Crippen LogP contribution in [-0.4, -0.2) is 43.6 Å². The van der Waals surface area contributed by atoms with E-state index < -0.39 is 18.4 Å². The molecule has 150 valence electrons. The van der Waals surface area contributed by atoms with Crippen LogP contribution >= 0.6 is 35.3 Å². The van der Waals surface area contributed by atoms with Crippen molar-refractivity contribution in [3.8, 4) is 0 Å². The molecule has 2 aromatic rings. The van der Waals surface area contributed by atoms with Gasteiger partial charge in [-0.3, -0.25) is 24.2 Å². The zero-order valence-electron chi connectivity index (χ0n) is 15.8. The molecule has 1 saturated heterocycles. The molecule has 2 heterocycles. The highest BCUT2D eigenvalue weighted by Gasteiger charge is 2.33. The summed E-state index contributed by atoms with van der Waals surface area (Å²) < 4.78 is 0.194. The van der Waals surface area contributed by atoms with E-state index in [-0.39, 0.29) is 10.2 Å². The number of aliphatic carboxylic acids is 1. The molecular weight excluding hydrogens is 430 g/mol. The Hall–Kier alpha value is -2.56. The number of hydrogen-bond donors (Lipinski definition) is 1. The topological polar surface area (TPSA) is 90.8 Å². The number of hydrogen-bond acceptors (Lipinski definition) is 7. The van der Waals surface area contributed by atoms with Crippen molar-refractivity contribution in [2.45, 2.75) is 20.8 Å². The van der Waals surface area contributed by atoms with Crippen LogP contribution in [-0.2, 0) is 14.4 Å². The Morgan fingerprint density at radius 2 is 2.03 bits per heavy atom. The molecule has 0 spiro atoms. The van der Waals surface area contributed by atoms with Crippen molar-refractivity contribution >= 4 is 74.3 Å². The summed E-state index contributed by atoms with van der Waals surface area (Å²) in [4.78, 5) is 42.9. The standard InChI is InChI=1S/C19H17N3O4S3/c1-10-4-5-14(6-11(10)2)22(12(3)23)18-20-13(9-28-18)7-15-17(26)21(8-16(24)25)19(27)29-15/h4-7,9H,8H2,1-3H3,(H,24,25)/b15-7+. The number of carboxylic acid groups (broad SMARTS) is 1. The molecule has 1 aromatic heterocycles. The third kappa shape index (κ3) is 4.55. The molecule has 1 aliphatic rings. The Bertz CT molecular complexity index is 1060. The van der Waals surface area contributed by atoms with Gasteiger partial charge in [0.1, 0.15) is 10.9 Å². The van der Waals surface area contributed by atoms with Gasteiger partial charge in [0.25, 0.3) is 5.91 Å². The van der Waals surface area contributed by atoms with E-state index in [9.17, 15) is 14.4 Å². The summed E-state index contributed by atoms with van der Waals surface area (Å²) in [5.74, 6) is -1.78. The molecule has 1 fully saturated rings. The number of benzene rings is 1. The van der Waals surface area contributed by atoms with E-state index in [1.54, 1.807) is 11.5 Å². The maximum Gasteiger partial charge on any atom is 0.323 e. The first-order chi connectivity index (χ1) is 13.7. The highest BCUT2D eigenvalue weighted by molar-refractivity contribution is 8.26. The van der Waals surface area contributed by atoms with Crippen LogP contribution in [0.15, 0.2) is 28.5 Å². The van der Waals surface area contributed by atoms with Crippen LogP contribution in [0.2, 0.25) is 0 Å². The van der Waals surface area contributed by atoms with Crippen LogP contribution in [0.25, 0.3) is 6.08 Å². The average Bonchev–Trinajstić information content (AvgIpc) is 3.18. The minimum atomic E-state index is -1.14. The van der Waals surface area contributed by atoms with Crippen molar-refractivity contribution < 1.29 is 19.5 Å². The summed E-state index contributed by atoms with van der Waals surface area (Å²) in [6.07, 6.45) is 1.56. The van der Waals surface area contributed by atoms with Crippen LogP contribution in [0, 0.1) is 13.8 Å². The number of thiocarbonyl (C=S) groups is 1. The van der Waals surface area contributed by atoms with Gasteiger partial charge in [0.15, 0.2) is 5.13 Å². The molecule has 29 heavy (non-hydrogen) atoms. The van der Waals surface area contributed by atoms with Gasteiger partial charge in [-0.15, -0.1) is 11.3 Å². The van der Waals surface area contributed by atoms with Gasteiger partial charge in [0.05, 0.1) is 16.3 Å². The van der Waals surface area contributed by atoms with Crippen LogP contribution in [0.1, 0.15) is 23.7 Å². The maximum absolute atomic E-state index is 12.4. The number of thioether (sulfide) groups is 1. The van der Waals surface area contributed by atoms with Gasteiger partial charge < -0.3 is 5.11 Å². The summed E-state index contributed by atoms with van der Waals surface area (Å²) in [5, 5.41) is 11.1. The summed E-state index contributed by atoms with van der Waals surface area (Å²) in [7, 11) is 0. The molecule has 1 N–H and O–H groups in total. The van der Waals surface area contributed by atoms with Gasteiger partial charge in [0, 0.05) is 12.3 Å². The van der Waals surface area contributed by atoms with E-state index in [4.69, 9.17) is 17.3 Å². The number of nitrogens with zero attached hydrogens (tertiary/aromatic N) is 3. The van der Waals surface area contributed by atoms with Gasteiger partial charge >= 0.3 is 5.97 Å². The van der Waals surface area contributed by atoms with Crippen molar-refractivity contribution in [2.24, 2.45) is 0 Å². The number of thiazole rings is 1. The Kier molecular flexibility index (Phi) is 6.15. The van der Waals surface area contributed by atoms with Crippen LogP contribution in [0.4, 0.5) is 10.8 Å².